The van der Waals surface area contributed by atoms with Crippen LogP contribution < -0.4 is 5.32 Å². The van der Waals surface area contributed by atoms with Crippen LogP contribution in [0.1, 0.15) is 24.8 Å². The van der Waals surface area contributed by atoms with E-state index in [1.165, 1.54) is 12.1 Å². The first-order chi connectivity index (χ1) is 9.95. The zero-order chi connectivity index (χ0) is 15.4. The summed E-state index contributed by atoms with van der Waals surface area (Å²) in [7, 11) is 0. The van der Waals surface area contributed by atoms with Crippen LogP contribution in [-0.2, 0) is 9.59 Å². The van der Waals surface area contributed by atoms with E-state index in [-0.39, 0.29) is 18.9 Å². The monoisotopic (exact) mass is 294 g/mol. The van der Waals surface area contributed by atoms with Gasteiger partial charge >= 0.3 is 5.97 Å². The third kappa shape index (κ3) is 4.82. The molecule has 2 rings (SSSR count). The molecular formula is C15H19FN2O3. The number of carbonyl (C=O) groups excluding carboxylic acids is 1. The molecule has 1 aliphatic rings. The molecule has 0 aromatic heterocycles. The molecule has 1 aliphatic carbocycles. The van der Waals surface area contributed by atoms with E-state index in [0.29, 0.717) is 18.3 Å². The molecule has 0 heterocycles. The zero-order valence-corrected chi connectivity index (χ0v) is 11.9. The van der Waals surface area contributed by atoms with Gasteiger partial charge in [-0.05, 0) is 37.5 Å². The normalized spacial score (nSPS) is 14.2. The summed E-state index contributed by atoms with van der Waals surface area (Å²) in [6.07, 6.45) is 2.00. The van der Waals surface area contributed by atoms with Crippen LogP contribution in [0, 0.1) is 12.7 Å². The molecule has 0 saturated heterocycles. The van der Waals surface area contributed by atoms with Crippen LogP contribution in [0.3, 0.4) is 0 Å². The molecule has 1 aromatic rings. The van der Waals surface area contributed by atoms with E-state index in [0.717, 1.165) is 18.4 Å². The minimum atomic E-state index is -0.873. The molecule has 1 fully saturated rings. The van der Waals surface area contributed by atoms with Crippen molar-refractivity contribution in [2.75, 3.05) is 18.4 Å². The number of halogens is 1. The van der Waals surface area contributed by atoms with Crippen LogP contribution in [0.2, 0.25) is 0 Å². The average Bonchev–Trinajstić information content (AvgIpc) is 3.23. The number of nitrogens with one attached hydrogen (secondary N) is 1. The summed E-state index contributed by atoms with van der Waals surface area (Å²) in [6.45, 7) is 2.28. The Hall–Kier alpha value is -1.95. The van der Waals surface area contributed by atoms with Gasteiger partial charge < -0.3 is 10.4 Å². The molecule has 2 N–H and O–H groups in total. The van der Waals surface area contributed by atoms with Crippen molar-refractivity contribution >= 4 is 17.6 Å². The molecule has 0 radical (unpaired) electrons. The predicted octanol–water partition coefficient (Wildman–Crippen LogP) is 2.01. The molecular weight excluding hydrogens is 275 g/mol. The van der Waals surface area contributed by atoms with Gasteiger partial charge in [-0.2, -0.15) is 0 Å². The highest BCUT2D eigenvalue weighted by molar-refractivity contribution is 5.93. The van der Waals surface area contributed by atoms with E-state index in [2.05, 4.69) is 5.32 Å². The number of benzene rings is 1. The second kappa shape index (κ2) is 6.67. The maximum absolute atomic E-state index is 13.2. The highest BCUT2D eigenvalue weighted by Crippen LogP contribution is 2.26. The second-order valence-electron chi connectivity index (χ2n) is 5.35. The molecule has 0 unspecified atom stereocenters. The van der Waals surface area contributed by atoms with Crippen LogP contribution in [0.5, 0.6) is 0 Å². The Labute approximate surface area is 122 Å². The zero-order valence-electron chi connectivity index (χ0n) is 11.9. The lowest BCUT2D eigenvalue weighted by Crippen LogP contribution is -2.36. The van der Waals surface area contributed by atoms with Crippen molar-refractivity contribution in [1.29, 1.82) is 0 Å². The first-order valence-corrected chi connectivity index (χ1v) is 6.97. The Morgan fingerprint density at radius 2 is 2.14 bits per heavy atom. The summed E-state index contributed by atoms with van der Waals surface area (Å²) in [6, 6.07) is 4.53. The SMILES string of the molecule is Cc1ccc(F)cc1NC(=O)CN(CCC(=O)O)C1CC1. The summed E-state index contributed by atoms with van der Waals surface area (Å²) in [4.78, 5) is 24.6. The number of anilines is 1. The largest absolute Gasteiger partial charge is 0.481 e. The highest BCUT2D eigenvalue weighted by Gasteiger charge is 2.30. The quantitative estimate of drug-likeness (QED) is 0.807. The molecule has 0 aliphatic heterocycles. The average molecular weight is 294 g/mol. The molecule has 0 bridgehead atoms. The number of carbonyl (C=O) groups is 2. The Morgan fingerprint density at radius 1 is 1.43 bits per heavy atom. The third-order valence-electron chi connectivity index (χ3n) is 3.50. The van der Waals surface area contributed by atoms with E-state index >= 15 is 0 Å². The Bertz CT molecular complexity index is 544. The van der Waals surface area contributed by atoms with Crippen LogP contribution in [0.4, 0.5) is 10.1 Å². The van der Waals surface area contributed by atoms with E-state index in [1.54, 1.807) is 13.0 Å². The fourth-order valence-electron chi connectivity index (χ4n) is 2.17. The van der Waals surface area contributed by atoms with Crippen LogP contribution in [0.15, 0.2) is 18.2 Å². The van der Waals surface area contributed by atoms with Gasteiger partial charge in [0.15, 0.2) is 0 Å². The minimum absolute atomic E-state index is 0.0166. The van der Waals surface area contributed by atoms with E-state index in [1.807, 2.05) is 4.90 Å². The number of hydrogen-bond acceptors (Lipinski definition) is 3. The summed E-state index contributed by atoms with van der Waals surface area (Å²) in [5.74, 6) is -1.52. The third-order valence-corrected chi connectivity index (χ3v) is 3.50. The van der Waals surface area contributed by atoms with Crippen molar-refractivity contribution in [1.82, 2.24) is 4.90 Å². The number of rotatable bonds is 7. The van der Waals surface area contributed by atoms with Crippen LogP contribution in [0.25, 0.3) is 0 Å². The summed E-state index contributed by atoms with van der Waals surface area (Å²) < 4.78 is 13.2. The topological polar surface area (TPSA) is 69.6 Å². The number of hydrogen-bond donors (Lipinski definition) is 2. The van der Waals surface area contributed by atoms with Crippen molar-refractivity contribution in [3.63, 3.8) is 0 Å². The maximum atomic E-state index is 13.2. The van der Waals surface area contributed by atoms with E-state index in [4.69, 9.17) is 5.11 Å². The Kier molecular flexibility index (Phi) is 4.90. The highest BCUT2D eigenvalue weighted by atomic mass is 19.1. The van der Waals surface area contributed by atoms with Gasteiger partial charge in [-0.15, -0.1) is 0 Å². The lowest BCUT2D eigenvalue weighted by molar-refractivity contribution is -0.137. The Balaban J connectivity index is 1.92. The summed E-state index contributed by atoms with van der Waals surface area (Å²) in [5.41, 5.74) is 1.24. The predicted molar refractivity (Wildman–Crippen MR) is 76.6 cm³/mol. The minimum Gasteiger partial charge on any atom is -0.481 e. The van der Waals surface area contributed by atoms with Gasteiger partial charge in [0.2, 0.25) is 5.91 Å². The van der Waals surface area contributed by atoms with Crippen molar-refractivity contribution in [2.45, 2.75) is 32.2 Å². The second-order valence-corrected chi connectivity index (χ2v) is 5.35. The van der Waals surface area contributed by atoms with Crippen molar-refractivity contribution in [3.8, 4) is 0 Å². The van der Waals surface area contributed by atoms with Crippen molar-refractivity contribution in [2.24, 2.45) is 0 Å². The maximum Gasteiger partial charge on any atom is 0.304 e. The molecule has 21 heavy (non-hydrogen) atoms. The molecule has 1 amide bonds. The smallest absolute Gasteiger partial charge is 0.304 e. The van der Waals surface area contributed by atoms with Gasteiger partial charge in [0.25, 0.3) is 0 Å². The summed E-state index contributed by atoms with van der Waals surface area (Å²) in [5, 5.41) is 11.4. The van der Waals surface area contributed by atoms with E-state index < -0.39 is 11.8 Å². The number of carboxylic acids is 1. The molecule has 0 spiro atoms. The number of aliphatic carboxylic acids is 1. The van der Waals surface area contributed by atoms with Crippen LogP contribution >= 0.6 is 0 Å². The van der Waals surface area contributed by atoms with Gasteiger partial charge in [-0.1, -0.05) is 6.07 Å². The fraction of sp³-hybridized carbons (Fsp3) is 0.467. The lowest BCUT2D eigenvalue weighted by Gasteiger charge is -2.20. The molecule has 1 aromatic carbocycles. The van der Waals surface area contributed by atoms with E-state index in [9.17, 15) is 14.0 Å². The molecule has 114 valence electrons. The fourth-order valence-corrected chi connectivity index (χ4v) is 2.17. The van der Waals surface area contributed by atoms with Gasteiger partial charge in [0.1, 0.15) is 5.82 Å². The Morgan fingerprint density at radius 3 is 2.76 bits per heavy atom. The molecule has 0 atom stereocenters. The first-order valence-electron chi connectivity index (χ1n) is 6.97. The van der Waals surface area contributed by atoms with Gasteiger partial charge in [0, 0.05) is 18.3 Å². The van der Waals surface area contributed by atoms with Gasteiger partial charge in [0.05, 0.1) is 13.0 Å². The number of aryl methyl sites for hydroxylation is 1. The lowest BCUT2D eigenvalue weighted by atomic mass is 10.2. The van der Waals surface area contributed by atoms with Crippen LogP contribution in [-0.4, -0.2) is 41.0 Å². The first kappa shape index (κ1) is 15.4. The number of nitrogens with zero attached hydrogens (tertiary/aromatic N) is 1. The molecule has 6 heteroatoms. The van der Waals surface area contributed by atoms with Crippen molar-refractivity contribution in [3.05, 3.63) is 29.6 Å². The standard InChI is InChI=1S/C15H19FN2O3/c1-10-2-3-11(16)8-13(10)17-14(19)9-18(12-4-5-12)7-6-15(20)21/h2-3,8,12H,4-7,9H2,1H3,(H,17,19)(H,20,21). The van der Waals surface area contributed by atoms with Gasteiger partial charge in [-0.3, -0.25) is 14.5 Å². The van der Waals surface area contributed by atoms with Crippen molar-refractivity contribution < 1.29 is 19.1 Å². The number of carboxylic acid groups (broad SMARTS) is 1. The molecule has 1 saturated carbocycles. The van der Waals surface area contributed by atoms with Gasteiger partial charge in [-0.25, -0.2) is 4.39 Å². The summed E-state index contributed by atoms with van der Waals surface area (Å²) >= 11 is 0. The number of amides is 1. The molecule has 5 nitrogen and oxygen atoms in total.